The molecule has 1 atom stereocenters. The second-order valence-corrected chi connectivity index (χ2v) is 4.71. The molecule has 78 valence electrons. The highest BCUT2D eigenvalue weighted by atomic mass is 32.2. The van der Waals surface area contributed by atoms with Crippen molar-refractivity contribution >= 4 is 10.0 Å². The predicted octanol–water partition coefficient (Wildman–Crippen LogP) is 1.38. The Morgan fingerprint density at radius 3 is 2.29 bits per heavy atom. The Morgan fingerprint density at radius 1 is 1.29 bits per heavy atom. The third-order valence-corrected chi connectivity index (χ3v) is 3.24. The van der Waals surface area contributed by atoms with E-state index in [0.29, 0.717) is 5.56 Å². The zero-order valence-corrected chi connectivity index (χ0v) is 8.37. The van der Waals surface area contributed by atoms with Crippen LogP contribution in [0.25, 0.3) is 0 Å². The molecule has 1 rings (SSSR count). The molecule has 14 heavy (non-hydrogen) atoms. The van der Waals surface area contributed by atoms with Crippen LogP contribution in [-0.2, 0) is 10.0 Å². The third kappa shape index (κ3) is 2.78. The van der Waals surface area contributed by atoms with Gasteiger partial charge < -0.3 is 0 Å². The van der Waals surface area contributed by atoms with E-state index in [9.17, 15) is 12.8 Å². The molecule has 0 aliphatic carbocycles. The van der Waals surface area contributed by atoms with Crippen molar-refractivity contribution in [3.63, 3.8) is 0 Å². The lowest BCUT2D eigenvalue weighted by atomic mass is 10.1. The van der Waals surface area contributed by atoms with Gasteiger partial charge >= 0.3 is 0 Å². The summed E-state index contributed by atoms with van der Waals surface area (Å²) in [4.78, 5) is 0. The van der Waals surface area contributed by atoms with Crippen molar-refractivity contribution in [2.45, 2.75) is 11.7 Å². The molecule has 0 saturated heterocycles. The second-order valence-electron chi connectivity index (χ2n) is 2.97. The van der Waals surface area contributed by atoms with Gasteiger partial charge in [-0.3, -0.25) is 4.39 Å². The van der Waals surface area contributed by atoms with Gasteiger partial charge in [0.05, 0.1) is 6.67 Å². The molecular formula is C9H12FNO2S. The van der Waals surface area contributed by atoms with Gasteiger partial charge in [0.15, 0.2) is 0 Å². The van der Waals surface area contributed by atoms with Crippen LogP contribution in [0.5, 0.6) is 0 Å². The summed E-state index contributed by atoms with van der Waals surface area (Å²) in [5, 5.41) is 4.07. The highest BCUT2D eigenvalue weighted by Crippen LogP contribution is 2.23. The van der Waals surface area contributed by atoms with Crippen LogP contribution in [0.3, 0.4) is 0 Å². The number of halogens is 1. The zero-order valence-electron chi connectivity index (χ0n) is 7.56. The number of nitrogens with two attached hydrogens (primary N) is 1. The molecule has 2 N–H and O–H groups in total. The lowest BCUT2D eigenvalue weighted by molar-refractivity contribution is 0.461. The van der Waals surface area contributed by atoms with Crippen LogP contribution >= 0.6 is 0 Å². The number of alkyl halides is 1. The molecule has 1 unspecified atom stereocenters. The van der Waals surface area contributed by atoms with Crippen molar-refractivity contribution in [1.29, 1.82) is 0 Å². The van der Waals surface area contributed by atoms with Gasteiger partial charge in [0.2, 0.25) is 10.0 Å². The lowest BCUT2D eigenvalue weighted by Crippen LogP contribution is -2.22. The Hall–Kier alpha value is -0.940. The molecule has 0 aromatic heterocycles. The van der Waals surface area contributed by atoms with Gasteiger partial charge in [-0.2, -0.15) is 0 Å². The third-order valence-electron chi connectivity index (χ3n) is 1.94. The molecule has 1 aromatic carbocycles. The van der Waals surface area contributed by atoms with E-state index in [1.165, 1.54) is 0 Å². The number of benzene rings is 1. The SMILES string of the molecule is NS(=O)(=O)C(CCF)c1ccccc1. The molecule has 0 saturated carbocycles. The quantitative estimate of drug-likeness (QED) is 0.828. The summed E-state index contributed by atoms with van der Waals surface area (Å²) in [6.45, 7) is -0.698. The molecule has 5 heteroatoms. The summed E-state index contributed by atoms with van der Waals surface area (Å²) in [7, 11) is -3.72. The first kappa shape index (κ1) is 11.1. The topological polar surface area (TPSA) is 60.2 Å². The van der Waals surface area contributed by atoms with Crippen LogP contribution in [0.15, 0.2) is 30.3 Å². The number of hydrogen-bond donors (Lipinski definition) is 1. The molecule has 3 nitrogen and oxygen atoms in total. The first-order valence-electron chi connectivity index (χ1n) is 4.18. The van der Waals surface area contributed by atoms with Crippen molar-refractivity contribution in [2.75, 3.05) is 6.67 Å². The van der Waals surface area contributed by atoms with Crippen LogP contribution in [0.1, 0.15) is 17.2 Å². The number of primary sulfonamides is 1. The Bertz CT molecular complexity index is 377. The fourth-order valence-electron chi connectivity index (χ4n) is 1.29. The molecule has 0 radical (unpaired) electrons. The summed E-state index contributed by atoms with van der Waals surface area (Å²) in [6, 6.07) is 8.42. The van der Waals surface area contributed by atoms with Gasteiger partial charge in [-0.25, -0.2) is 13.6 Å². The molecular weight excluding hydrogens is 205 g/mol. The highest BCUT2D eigenvalue weighted by molar-refractivity contribution is 7.89. The van der Waals surface area contributed by atoms with Gasteiger partial charge in [0.25, 0.3) is 0 Å². The number of hydrogen-bond acceptors (Lipinski definition) is 2. The summed E-state index contributed by atoms with van der Waals surface area (Å²) in [6.07, 6.45) is -0.0944. The fourth-order valence-corrected chi connectivity index (χ4v) is 2.24. The Kier molecular flexibility index (Phi) is 3.60. The van der Waals surface area contributed by atoms with Gasteiger partial charge in [-0.15, -0.1) is 0 Å². The van der Waals surface area contributed by atoms with E-state index in [2.05, 4.69) is 0 Å². The summed E-state index contributed by atoms with van der Waals surface area (Å²) in [5.74, 6) is 0. The van der Waals surface area contributed by atoms with Crippen LogP contribution in [0.4, 0.5) is 4.39 Å². The van der Waals surface area contributed by atoms with E-state index < -0.39 is 21.9 Å². The molecule has 1 aromatic rings. The predicted molar refractivity (Wildman–Crippen MR) is 52.9 cm³/mol. The summed E-state index contributed by atoms with van der Waals surface area (Å²) >= 11 is 0. The summed E-state index contributed by atoms with van der Waals surface area (Å²) < 4.78 is 34.4. The van der Waals surface area contributed by atoms with Crippen molar-refractivity contribution in [3.8, 4) is 0 Å². The van der Waals surface area contributed by atoms with E-state index in [1.807, 2.05) is 0 Å². The summed E-state index contributed by atoms with van der Waals surface area (Å²) in [5.41, 5.74) is 0.535. The zero-order chi connectivity index (χ0) is 10.6. The Balaban J connectivity index is 3.02. The van der Waals surface area contributed by atoms with Crippen molar-refractivity contribution < 1.29 is 12.8 Å². The normalized spacial score (nSPS) is 13.9. The average molecular weight is 217 g/mol. The molecule has 0 heterocycles. The monoisotopic (exact) mass is 217 g/mol. The number of rotatable bonds is 4. The largest absolute Gasteiger partial charge is 0.251 e. The molecule has 0 aliphatic rings. The first-order valence-corrected chi connectivity index (χ1v) is 5.79. The van der Waals surface area contributed by atoms with Crippen LogP contribution in [-0.4, -0.2) is 15.1 Å². The van der Waals surface area contributed by atoms with Crippen molar-refractivity contribution in [3.05, 3.63) is 35.9 Å². The molecule has 0 fully saturated rings. The Labute approximate surface area is 82.8 Å². The molecule has 0 aliphatic heterocycles. The minimum atomic E-state index is -3.72. The van der Waals surface area contributed by atoms with Crippen molar-refractivity contribution in [2.24, 2.45) is 5.14 Å². The molecule has 0 bridgehead atoms. The molecule has 0 spiro atoms. The minimum Gasteiger partial charge on any atom is -0.251 e. The van der Waals surface area contributed by atoms with Gasteiger partial charge in [0, 0.05) is 0 Å². The maximum Gasteiger partial charge on any atom is 0.216 e. The lowest BCUT2D eigenvalue weighted by Gasteiger charge is -2.12. The van der Waals surface area contributed by atoms with E-state index in [-0.39, 0.29) is 6.42 Å². The number of sulfonamides is 1. The van der Waals surface area contributed by atoms with E-state index in [1.54, 1.807) is 30.3 Å². The smallest absolute Gasteiger partial charge is 0.216 e. The standard InChI is InChI=1S/C9H12FNO2S/c10-7-6-9(14(11,12)13)8-4-2-1-3-5-8/h1-5,9H,6-7H2,(H2,11,12,13). The maximum atomic E-state index is 12.1. The van der Waals surface area contributed by atoms with Crippen molar-refractivity contribution in [1.82, 2.24) is 0 Å². The highest BCUT2D eigenvalue weighted by Gasteiger charge is 2.22. The van der Waals surface area contributed by atoms with Gasteiger partial charge in [-0.1, -0.05) is 30.3 Å². The minimum absolute atomic E-state index is 0.0944. The van der Waals surface area contributed by atoms with Crippen LogP contribution in [0, 0.1) is 0 Å². The van der Waals surface area contributed by atoms with E-state index >= 15 is 0 Å². The second kappa shape index (κ2) is 4.52. The Morgan fingerprint density at radius 2 is 1.86 bits per heavy atom. The molecule has 0 amide bonds. The fraction of sp³-hybridized carbons (Fsp3) is 0.333. The maximum absolute atomic E-state index is 12.1. The first-order chi connectivity index (χ1) is 6.55. The van der Waals surface area contributed by atoms with Gasteiger partial charge in [-0.05, 0) is 12.0 Å². The van der Waals surface area contributed by atoms with Gasteiger partial charge in [0.1, 0.15) is 5.25 Å². The van der Waals surface area contributed by atoms with Crippen LogP contribution in [0.2, 0.25) is 0 Å². The average Bonchev–Trinajstić information content (AvgIpc) is 2.14. The van der Waals surface area contributed by atoms with Crippen LogP contribution < -0.4 is 5.14 Å². The van der Waals surface area contributed by atoms with E-state index in [4.69, 9.17) is 5.14 Å². The van der Waals surface area contributed by atoms with E-state index in [0.717, 1.165) is 0 Å².